The third-order valence-corrected chi connectivity index (χ3v) is 7.33. The van der Waals surface area contributed by atoms with Crippen LogP contribution in [-0.2, 0) is 17.8 Å². The van der Waals surface area contributed by atoms with Crippen molar-refractivity contribution in [1.29, 1.82) is 0 Å². The van der Waals surface area contributed by atoms with Crippen LogP contribution in [0.1, 0.15) is 66.6 Å². The van der Waals surface area contributed by atoms with Crippen LogP contribution in [0.3, 0.4) is 0 Å². The van der Waals surface area contributed by atoms with Crippen molar-refractivity contribution in [2.45, 2.75) is 71.5 Å². The summed E-state index contributed by atoms with van der Waals surface area (Å²) in [4.78, 5) is 32.7. The summed E-state index contributed by atoms with van der Waals surface area (Å²) in [5.74, 6) is 0.781. The lowest BCUT2D eigenvalue weighted by Crippen LogP contribution is -2.44. The molecule has 192 valence electrons. The molecule has 0 atom stereocenters. The third kappa shape index (κ3) is 5.66. The molecule has 1 fully saturated rings. The van der Waals surface area contributed by atoms with E-state index < -0.39 is 0 Å². The Hall–Kier alpha value is -3.74. The molecule has 37 heavy (non-hydrogen) atoms. The summed E-state index contributed by atoms with van der Waals surface area (Å²) in [7, 11) is 0. The number of aryl methyl sites for hydroxylation is 1. The van der Waals surface area contributed by atoms with Crippen molar-refractivity contribution in [2.24, 2.45) is 10.9 Å². The molecule has 0 bridgehead atoms. The first-order valence-corrected chi connectivity index (χ1v) is 13.2. The molecule has 1 aliphatic heterocycles. The molecule has 2 heterocycles. The molecule has 1 saturated carbocycles. The lowest BCUT2D eigenvalue weighted by molar-refractivity contribution is -0.126. The van der Waals surface area contributed by atoms with Gasteiger partial charge < -0.3 is 10.2 Å². The highest BCUT2D eigenvalue weighted by molar-refractivity contribution is 6.12. The summed E-state index contributed by atoms with van der Waals surface area (Å²) < 4.78 is 1.91. The lowest BCUT2D eigenvalue weighted by atomic mass is 9.84. The Balaban J connectivity index is 1.42. The minimum absolute atomic E-state index is 0.0430. The summed E-state index contributed by atoms with van der Waals surface area (Å²) in [5, 5.41) is 7.42. The van der Waals surface area contributed by atoms with Gasteiger partial charge in [-0.2, -0.15) is 10.1 Å². The standard InChI is InChI=1S/C30H35N5O2/c1-20(2)32-29(36)24-11-13-26(14-12-24)35-27-17-22(19-34-16-4-15-31-34)7-10-25(27)18-28(35)33-30(37)23-8-5-21(3)6-9-23/h4-10,15-17,20,24,26H,11-14,18-19H2,1-3H3,(H,32,36). The molecule has 7 heteroatoms. The number of carbonyl (C=O) groups excluding carboxylic acids is 2. The molecule has 7 nitrogen and oxygen atoms in total. The largest absolute Gasteiger partial charge is 0.354 e. The number of rotatable bonds is 6. The lowest BCUT2D eigenvalue weighted by Gasteiger charge is -2.36. The van der Waals surface area contributed by atoms with E-state index in [1.54, 1.807) is 6.20 Å². The van der Waals surface area contributed by atoms with Crippen LogP contribution in [0.25, 0.3) is 0 Å². The minimum atomic E-state index is -0.213. The molecule has 0 saturated heterocycles. The number of carbonyl (C=O) groups is 2. The topological polar surface area (TPSA) is 79.6 Å². The SMILES string of the molecule is Cc1ccc(C(=O)N=C2Cc3ccc(Cn4cccn4)cc3N2C2CCC(C(=O)NC(C)C)CC2)cc1. The van der Waals surface area contributed by atoms with Gasteiger partial charge in [0.05, 0.1) is 6.54 Å². The van der Waals surface area contributed by atoms with E-state index in [4.69, 9.17) is 0 Å². The van der Waals surface area contributed by atoms with Gasteiger partial charge >= 0.3 is 0 Å². The zero-order valence-electron chi connectivity index (χ0n) is 21.9. The molecule has 2 aliphatic rings. The highest BCUT2D eigenvalue weighted by Gasteiger charge is 2.36. The van der Waals surface area contributed by atoms with Gasteiger partial charge in [0.15, 0.2) is 0 Å². The van der Waals surface area contributed by atoms with E-state index in [1.165, 1.54) is 5.56 Å². The fourth-order valence-corrected chi connectivity index (χ4v) is 5.43. The van der Waals surface area contributed by atoms with Gasteiger partial charge in [0.25, 0.3) is 5.91 Å². The van der Waals surface area contributed by atoms with Crippen LogP contribution in [0, 0.1) is 12.8 Å². The van der Waals surface area contributed by atoms with E-state index >= 15 is 0 Å². The first-order valence-electron chi connectivity index (χ1n) is 13.2. The fraction of sp³-hybridized carbons (Fsp3) is 0.400. The number of benzene rings is 2. The maximum Gasteiger partial charge on any atom is 0.278 e. The molecule has 5 rings (SSSR count). The molecule has 1 aliphatic carbocycles. The second kappa shape index (κ2) is 10.7. The Morgan fingerprint density at radius 1 is 1.08 bits per heavy atom. The molecule has 0 spiro atoms. The Kier molecular flexibility index (Phi) is 7.22. The number of nitrogens with one attached hydrogen (secondary N) is 1. The number of aromatic nitrogens is 2. The zero-order valence-corrected chi connectivity index (χ0v) is 21.9. The van der Waals surface area contributed by atoms with Crippen LogP contribution in [0.15, 0.2) is 65.9 Å². The maximum atomic E-state index is 13.1. The molecule has 1 aromatic heterocycles. The Morgan fingerprint density at radius 3 is 2.51 bits per heavy atom. The highest BCUT2D eigenvalue weighted by atomic mass is 16.2. The van der Waals surface area contributed by atoms with Crippen LogP contribution in [0.2, 0.25) is 0 Å². The van der Waals surface area contributed by atoms with E-state index in [1.807, 2.05) is 62.0 Å². The summed E-state index contributed by atoms with van der Waals surface area (Å²) in [6, 6.07) is 16.4. The monoisotopic (exact) mass is 497 g/mol. The molecule has 1 N–H and O–H groups in total. The molecular formula is C30H35N5O2. The molecular weight excluding hydrogens is 462 g/mol. The molecule has 2 amide bonds. The summed E-state index contributed by atoms with van der Waals surface area (Å²) in [6.45, 7) is 6.69. The number of hydrogen-bond donors (Lipinski definition) is 1. The second-order valence-corrected chi connectivity index (χ2v) is 10.6. The van der Waals surface area contributed by atoms with Gasteiger partial charge in [0, 0.05) is 48.1 Å². The van der Waals surface area contributed by atoms with Gasteiger partial charge in [0.2, 0.25) is 5.91 Å². The second-order valence-electron chi connectivity index (χ2n) is 10.6. The van der Waals surface area contributed by atoms with Crippen molar-refractivity contribution in [3.63, 3.8) is 0 Å². The number of amidine groups is 1. The Morgan fingerprint density at radius 2 is 1.84 bits per heavy atom. The highest BCUT2D eigenvalue weighted by Crippen LogP contribution is 2.38. The number of amides is 2. The predicted octanol–water partition coefficient (Wildman–Crippen LogP) is 4.92. The molecule has 2 aromatic carbocycles. The first-order chi connectivity index (χ1) is 17.9. The van der Waals surface area contributed by atoms with Gasteiger partial charge in [-0.25, -0.2) is 0 Å². The van der Waals surface area contributed by atoms with E-state index in [9.17, 15) is 9.59 Å². The third-order valence-electron chi connectivity index (χ3n) is 7.33. The van der Waals surface area contributed by atoms with Crippen LogP contribution in [0.4, 0.5) is 5.69 Å². The van der Waals surface area contributed by atoms with Crippen molar-refractivity contribution < 1.29 is 9.59 Å². The maximum absolute atomic E-state index is 13.1. The number of aliphatic imine (C=N–C) groups is 1. The Labute approximate surface area is 218 Å². The fourth-order valence-electron chi connectivity index (χ4n) is 5.43. The summed E-state index contributed by atoms with van der Waals surface area (Å²) in [5.41, 5.74) is 5.17. The van der Waals surface area contributed by atoms with Crippen molar-refractivity contribution in [2.75, 3.05) is 4.90 Å². The van der Waals surface area contributed by atoms with Crippen LogP contribution >= 0.6 is 0 Å². The number of fused-ring (bicyclic) bond motifs is 1. The van der Waals surface area contributed by atoms with Crippen LogP contribution in [-0.4, -0.2) is 39.5 Å². The van der Waals surface area contributed by atoms with Gasteiger partial charge in [-0.1, -0.05) is 29.8 Å². The van der Waals surface area contributed by atoms with Crippen LogP contribution in [0.5, 0.6) is 0 Å². The average molecular weight is 498 g/mol. The zero-order chi connectivity index (χ0) is 25.9. The normalized spacial score (nSPS) is 20.3. The molecule has 3 aromatic rings. The van der Waals surface area contributed by atoms with Gasteiger partial charge in [-0.05, 0) is 81.8 Å². The van der Waals surface area contributed by atoms with Crippen molar-refractivity contribution >= 4 is 23.3 Å². The Bertz CT molecular complexity index is 1290. The van der Waals surface area contributed by atoms with Gasteiger partial charge in [-0.3, -0.25) is 14.3 Å². The number of hydrogen-bond acceptors (Lipinski definition) is 3. The van der Waals surface area contributed by atoms with Crippen molar-refractivity contribution in [1.82, 2.24) is 15.1 Å². The first kappa shape index (κ1) is 24.9. The van der Waals surface area contributed by atoms with Gasteiger partial charge in [-0.15, -0.1) is 0 Å². The summed E-state index contributed by atoms with van der Waals surface area (Å²) in [6.07, 6.45) is 7.81. The van der Waals surface area contributed by atoms with E-state index in [0.717, 1.165) is 48.3 Å². The van der Waals surface area contributed by atoms with E-state index in [-0.39, 0.29) is 29.8 Å². The smallest absolute Gasteiger partial charge is 0.278 e. The minimum Gasteiger partial charge on any atom is -0.354 e. The average Bonchev–Trinajstić information content (AvgIpc) is 3.51. The summed E-state index contributed by atoms with van der Waals surface area (Å²) >= 11 is 0. The van der Waals surface area contributed by atoms with E-state index in [0.29, 0.717) is 18.5 Å². The quantitative estimate of drug-likeness (QED) is 0.524. The van der Waals surface area contributed by atoms with Gasteiger partial charge in [0.1, 0.15) is 5.84 Å². The van der Waals surface area contributed by atoms with Crippen molar-refractivity contribution in [3.05, 3.63) is 83.2 Å². The number of anilines is 1. The van der Waals surface area contributed by atoms with E-state index in [2.05, 4.69) is 38.5 Å². The molecule has 0 unspecified atom stereocenters. The molecule has 0 radical (unpaired) electrons. The van der Waals surface area contributed by atoms with Crippen molar-refractivity contribution in [3.8, 4) is 0 Å². The van der Waals surface area contributed by atoms with Crippen LogP contribution < -0.4 is 10.2 Å². The number of nitrogens with zero attached hydrogens (tertiary/aromatic N) is 4. The predicted molar refractivity (Wildman–Crippen MR) is 146 cm³/mol.